The highest BCUT2D eigenvalue weighted by Gasteiger charge is 2.36. The van der Waals surface area contributed by atoms with Crippen molar-refractivity contribution in [2.24, 2.45) is 0 Å². The second-order valence-electron chi connectivity index (χ2n) is 6.45. The van der Waals surface area contributed by atoms with Crippen molar-refractivity contribution >= 4 is 11.9 Å². The fraction of sp³-hybridized carbons (Fsp3) is 0.333. The van der Waals surface area contributed by atoms with Crippen molar-refractivity contribution in [1.29, 1.82) is 0 Å². The molecule has 1 N–H and O–H groups in total. The maximum absolute atomic E-state index is 13.0. The van der Waals surface area contributed by atoms with Crippen molar-refractivity contribution in [1.82, 2.24) is 14.7 Å². The Morgan fingerprint density at radius 3 is 2.61 bits per heavy atom. The summed E-state index contributed by atoms with van der Waals surface area (Å²) in [5.41, 5.74) is -1.89. The normalized spacial score (nSPS) is 17.0. The molecule has 28 heavy (non-hydrogen) atoms. The van der Waals surface area contributed by atoms with E-state index in [1.54, 1.807) is 0 Å². The lowest BCUT2D eigenvalue weighted by molar-refractivity contribution is -0.141. The molecular formula is C18H16F3N3O4. The second kappa shape index (κ2) is 7.10. The molecule has 1 atom stereocenters. The minimum absolute atomic E-state index is 0.0255. The van der Waals surface area contributed by atoms with Gasteiger partial charge in [0.2, 0.25) is 5.43 Å². The Morgan fingerprint density at radius 2 is 1.96 bits per heavy atom. The molecule has 0 saturated carbocycles. The number of aliphatic carboxylic acids is 1. The van der Waals surface area contributed by atoms with Gasteiger partial charge in [0.15, 0.2) is 5.69 Å². The monoisotopic (exact) mass is 395 g/mol. The number of carboxylic acids is 1. The number of amides is 1. The lowest BCUT2D eigenvalue weighted by atomic mass is 10.2. The predicted molar refractivity (Wildman–Crippen MR) is 91.3 cm³/mol. The third-order valence-corrected chi connectivity index (χ3v) is 4.53. The summed E-state index contributed by atoms with van der Waals surface area (Å²) < 4.78 is 40.0. The Balaban J connectivity index is 2.06. The van der Waals surface area contributed by atoms with Gasteiger partial charge in [-0.05, 0) is 38.0 Å². The van der Waals surface area contributed by atoms with Gasteiger partial charge in [-0.1, -0.05) is 6.07 Å². The number of carbonyl (C=O) groups is 2. The number of alkyl halides is 3. The lowest BCUT2D eigenvalue weighted by Crippen LogP contribution is -2.43. The van der Waals surface area contributed by atoms with Crippen molar-refractivity contribution in [2.75, 3.05) is 6.54 Å². The van der Waals surface area contributed by atoms with Crippen LogP contribution in [-0.4, -0.2) is 44.3 Å². The molecule has 0 radical (unpaired) electrons. The number of halogens is 3. The molecule has 3 rings (SSSR count). The Bertz CT molecular complexity index is 1000. The Labute approximate surface area is 157 Å². The largest absolute Gasteiger partial charge is 0.480 e. The second-order valence-corrected chi connectivity index (χ2v) is 6.45. The number of hydrogen-bond acceptors (Lipinski definition) is 4. The van der Waals surface area contributed by atoms with E-state index in [4.69, 9.17) is 0 Å². The number of aryl methyl sites for hydroxylation is 1. The van der Waals surface area contributed by atoms with Crippen LogP contribution in [0.25, 0.3) is 5.69 Å². The molecular weight excluding hydrogens is 379 g/mol. The predicted octanol–water partition coefficient (Wildman–Crippen LogP) is 2.25. The number of nitrogens with zero attached hydrogens (tertiary/aromatic N) is 3. The first-order valence-electron chi connectivity index (χ1n) is 8.42. The van der Waals surface area contributed by atoms with E-state index in [0.29, 0.717) is 6.42 Å². The highest BCUT2D eigenvalue weighted by atomic mass is 19.4. The summed E-state index contributed by atoms with van der Waals surface area (Å²) in [6.45, 7) is 1.63. The average molecular weight is 395 g/mol. The summed E-state index contributed by atoms with van der Waals surface area (Å²) in [4.78, 5) is 37.3. The molecule has 148 valence electrons. The van der Waals surface area contributed by atoms with E-state index in [1.165, 1.54) is 19.1 Å². The minimum atomic E-state index is -4.56. The van der Waals surface area contributed by atoms with Crippen LogP contribution in [0.1, 0.15) is 34.6 Å². The van der Waals surface area contributed by atoms with E-state index in [9.17, 15) is 32.7 Å². The minimum Gasteiger partial charge on any atom is -0.480 e. The van der Waals surface area contributed by atoms with Crippen LogP contribution in [0.5, 0.6) is 0 Å². The first kappa shape index (κ1) is 19.6. The third kappa shape index (κ3) is 3.62. The van der Waals surface area contributed by atoms with Crippen LogP contribution in [0.4, 0.5) is 13.2 Å². The molecule has 2 aromatic rings. The maximum Gasteiger partial charge on any atom is 0.416 e. The van der Waals surface area contributed by atoms with E-state index in [1.807, 2.05) is 0 Å². The van der Waals surface area contributed by atoms with Gasteiger partial charge in [0.1, 0.15) is 6.04 Å². The first-order chi connectivity index (χ1) is 13.1. The van der Waals surface area contributed by atoms with Gasteiger partial charge in [-0.25, -0.2) is 9.48 Å². The van der Waals surface area contributed by atoms with Gasteiger partial charge < -0.3 is 10.0 Å². The summed E-state index contributed by atoms with van der Waals surface area (Å²) in [6.07, 6.45) is -3.84. The van der Waals surface area contributed by atoms with Crippen LogP contribution in [-0.2, 0) is 11.0 Å². The molecule has 2 heterocycles. The van der Waals surface area contributed by atoms with Gasteiger partial charge in [-0.15, -0.1) is 0 Å². The molecule has 1 aromatic heterocycles. The van der Waals surface area contributed by atoms with Crippen molar-refractivity contribution in [3.05, 3.63) is 57.5 Å². The van der Waals surface area contributed by atoms with Crippen LogP contribution >= 0.6 is 0 Å². The van der Waals surface area contributed by atoms with Crippen molar-refractivity contribution in [3.8, 4) is 5.69 Å². The maximum atomic E-state index is 13.0. The molecule has 1 aliphatic rings. The summed E-state index contributed by atoms with van der Waals surface area (Å²) in [6, 6.07) is 4.34. The standard InChI is InChI=1S/C18H16F3N3O4/c1-10-8-14(25)15(16(26)23-7-3-6-13(23)17(27)28)22-24(10)12-5-2-4-11(9-12)18(19,20)21/h2,4-5,8-9,13H,3,6-7H2,1H3,(H,27,28)/t13-/m1/s1. The van der Waals surface area contributed by atoms with Crippen molar-refractivity contribution < 1.29 is 27.9 Å². The van der Waals surface area contributed by atoms with Crippen LogP contribution in [0.3, 0.4) is 0 Å². The molecule has 1 aromatic carbocycles. The molecule has 0 spiro atoms. The number of likely N-dealkylation sites (tertiary alicyclic amines) is 1. The van der Waals surface area contributed by atoms with Crippen molar-refractivity contribution in [2.45, 2.75) is 32.0 Å². The number of hydrogen-bond donors (Lipinski definition) is 1. The van der Waals surface area contributed by atoms with E-state index in [-0.39, 0.29) is 24.3 Å². The quantitative estimate of drug-likeness (QED) is 0.861. The topological polar surface area (TPSA) is 92.5 Å². The molecule has 0 unspecified atom stereocenters. The number of carboxylic acid groups (broad SMARTS) is 1. The third-order valence-electron chi connectivity index (χ3n) is 4.53. The molecule has 0 aliphatic carbocycles. The van der Waals surface area contributed by atoms with Crippen LogP contribution in [0, 0.1) is 6.92 Å². The number of carbonyl (C=O) groups excluding carboxylic acids is 1. The zero-order chi connectivity index (χ0) is 20.6. The number of aromatic nitrogens is 2. The van der Waals surface area contributed by atoms with Gasteiger partial charge in [0.05, 0.1) is 11.3 Å². The Morgan fingerprint density at radius 1 is 1.25 bits per heavy atom. The summed E-state index contributed by atoms with van der Waals surface area (Å²) >= 11 is 0. The van der Waals surface area contributed by atoms with Gasteiger partial charge in [0, 0.05) is 18.3 Å². The Hall–Kier alpha value is -3.17. The Kier molecular flexibility index (Phi) is 4.97. The average Bonchev–Trinajstić information content (AvgIpc) is 3.11. The van der Waals surface area contributed by atoms with Gasteiger partial charge >= 0.3 is 12.1 Å². The van der Waals surface area contributed by atoms with Gasteiger partial charge in [-0.3, -0.25) is 9.59 Å². The molecule has 1 aliphatic heterocycles. The summed E-state index contributed by atoms with van der Waals surface area (Å²) in [5, 5.41) is 13.2. The highest BCUT2D eigenvalue weighted by Crippen LogP contribution is 2.30. The van der Waals surface area contributed by atoms with Crippen LogP contribution in [0.15, 0.2) is 35.1 Å². The fourth-order valence-electron chi connectivity index (χ4n) is 3.17. The lowest BCUT2D eigenvalue weighted by Gasteiger charge is -2.21. The van der Waals surface area contributed by atoms with Crippen LogP contribution in [0.2, 0.25) is 0 Å². The SMILES string of the molecule is Cc1cc(=O)c(C(=O)N2CCC[C@@H]2C(=O)O)nn1-c1cccc(C(F)(F)F)c1. The fourth-order valence-corrected chi connectivity index (χ4v) is 3.17. The number of rotatable bonds is 3. The first-order valence-corrected chi connectivity index (χ1v) is 8.42. The molecule has 1 saturated heterocycles. The smallest absolute Gasteiger partial charge is 0.416 e. The number of benzene rings is 1. The molecule has 10 heteroatoms. The van der Waals surface area contributed by atoms with E-state index < -0.39 is 40.8 Å². The summed E-state index contributed by atoms with van der Waals surface area (Å²) in [5.74, 6) is -2.04. The molecule has 0 bridgehead atoms. The zero-order valence-electron chi connectivity index (χ0n) is 14.7. The van der Waals surface area contributed by atoms with E-state index in [2.05, 4.69) is 5.10 Å². The van der Waals surface area contributed by atoms with Crippen molar-refractivity contribution in [3.63, 3.8) is 0 Å². The molecule has 7 nitrogen and oxygen atoms in total. The zero-order valence-corrected chi connectivity index (χ0v) is 14.7. The highest BCUT2D eigenvalue weighted by molar-refractivity contribution is 5.95. The van der Waals surface area contributed by atoms with E-state index >= 15 is 0 Å². The summed E-state index contributed by atoms with van der Waals surface area (Å²) in [7, 11) is 0. The van der Waals surface area contributed by atoms with Gasteiger partial charge in [-0.2, -0.15) is 18.3 Å². The van der Waals surface area contributed by atoms with Gasteiger partial charge in [0.25, 0.3) is 5.91 Å². The molecule has 1 amide bonds. The molecule has 1 fully saturated rings. The van der Waals surface area contributed by atoms with E-state index in [0.717, 1.165) is 27.8 Å². The van der Waals surface area contributed by atoms with Crippen LogP contribution < -0.4 is 5.43 Å².